The van der Waals surface area contributed by atoms with Crippen LogP contribution in [0, 0.1) is 5.92 Å². The predicted octanol–water partition coefficient (Wildman–Crippen LogP) is 2.99. The summed E-state index contributed by atoms with van der Waals surface area (Å²) in [5, 5.41) is 12.9. The molecule has 1 aromatic rings. The third-order valence-corrected chi connectivity index (χ3v) is 4.07. The number of benzene rings is 1. The summed E-state index contributed by atoms with van der Waals surface area (Å²) in [6.45, 7) is 4.28. The lowest BCUT2D eigenvalue weighted by Crippen LogP contribution is -2.33. The van der Waals surface area contributed by atoms with Crippen molar-refractivity contribution in [3.05, 3.63) is 29.8 Å². The molecule has 0 saturated heterocycles. The van der Waals surface area contributed by atoms with Crippen LogP contribution < -0.4 is 5.32 Å². The molecule has 0 aliphatic rings. The molecule has 1 atom stereocenters. The first-order valence-electron chi connectivity index (χ1n) is 6.72. The fourth-order valence-corrected chi connectivity index (χ4v) is 2.35. The summed E-state index contributed by atoms with van der Waals surface area (Å²) < 4.78 is 0. The third-order valence-electron chi connectivity index (χ3n) is 3.33. The molecule has 2 N–H and O–H groups in total. The summed E-state index contributed by atoms with van der Waals surface area (Å²) >= 11 is 1.67. The molecule has 0 spiro atoms. The van der Waals surface area contributed by atoms with E-state index >= 15 is 0 Å². The van der Waals surface area contributed by atoms with Crippen molar-refractivity contribution in [2.45, 2.75) is 37.7 Å². The SMILES string of the molecule is CCC(CC)C(=O)NCC(O)c1ccc(SC)cc1. The Morgan fingerprint density at radius 1 is 1.26 bits per heavy atom. The molecular formula is C15H23NO2S. The van der Waals surface area contributed by atoms with Crippen LogP contribution in [0.3, 0.4) is 0 Å². The molecule has 0 saturated carbocycles. The largest absolute Gasteiger partial charge is 0.387 e. The van der Waals surface area contributed by atoms with Gasteiger partial charge in [0.1, 0.15) is 0 Å². The molecule has 0 aromatic heterocycles. The molecule has 1 aromatic carbocycles. The van der Waals surface area contributed by atoms with Gasteiger partial charge in [-0.05, 0) is 36.8 Å². The number of aliphatic hydroxyl groups is 1. The standard InChI is InChI=1S/C15H23NO2S/c1-4-11(5-2)15(18)16-10-14(17)12-6-8-13(19-3)9-7-12/h6-9,11,14,17H,4-5,10H2,1-3H3,(H,16,18). The van der Waals surface area contributed by atoms with Crippen LogP contribution in [0.1, 0.15) is 38.4 Å². The number of amides is 1. The molecular weight excluding hydrogens is 258 g/mol. The van der Waals surface area contributed by atoms with Crippen molar-refractivity contribution in [1.82, 2.24) is 5.32 Å². The Morgan fingerprint density at radius 3 is 2.32 bits per heavy atom. The number of rotatable bonds is 7. The summed E-state index contributed by atoms with van der Waals surface area (Å²) in [7, 11) is 0. The van der Waals surface area contributed by atoms with Crippen LogP contribution >= 0.6 is 11.8 Å². The Morgan fingerprint density at radius 2 is 1.84 bits per heavy atom. The molecule has 1 unspecified atom stereocenters. The van der Waals surface area contributed by atoms with E-state index in [0.717, 1.165) is 23.3 Å². The maximum absolute atomic E-state index is 11.8. The lowest BCUT2D eigenvalue weighted by molar-refractivity contribution is -0.125. The lowest BCUT2D eigenvalue weighted by atomic mass is 10.0. The number of hydrogen-bond donors (Lipinski definition) is 2. The van der Waals surface area contributed by atoms with E-state index in [9.17, 15) is 9.90 Å². The second kappa shape index (κ2) is 8.23. The molecule has 0 aliphatic carbocycles. The maximum Gasteiger partial charge on any atom is 0.223 e. The topological polar surface area (TPSA) is 49.3 Å². The number of nitrogens with one attached hydrogen (secondary N) is 1. The molecule has 0 bridgehead atoms. The van der Waals surface area contributed by atoms with Crippen molar-refractivity contribution in [3.8, 4) is 0 Å². The Kier molecular flexibility index (Phi) is 6.95. The van der Waals surface area contributed by atoms with Crippen LogP contribution in [0.25, 0.3) is 0 Å². The average Bonchev–Trinajstić information content (AvgIpc) is 2.46. The van der Waals surface area contributed by atoms with Gasteiger partial charge in [0.05, 0.1) is 6.10 Å². The van der Waals surface area contributed by atoms with Crippen LogP contribution in [-0.2, 0) is 4.79 Å². The summed E-state index contributed by atoms with van der Waals surface area (Å²) in [5.74, 6) is 0.0795. The second-order valence-electron chi connectivity index (χ2n) is 4.55. The van der Waals surface area contributed by atoms with Gasteiger partial charge < -0.3 is 10.4 Å². The van der Waals surface area contributed by atoms with Crippen molar-refractivity contribution in [1.29, 1.82) is 0 Å². The predicted molar refractivity (Wildman–Crippen MR) is 80.3 cm³/mol. The highest BCUT2D eigenvalue weighted by Crippen LogP contribution is 2.19. The second-order valence-corrected chi connectivity index (χ2v) is 5.43. The van der Waals surface area contributed by atoms with E-state index in [4.69, 9.17) is 0 Å². The molecule has 3 nitrogen and oxygen atoms in total. The summed E-state index contributed by atoms with van der Waals surface area (Å²) in [4.78, 5) is 13.0. The minimum Gasteiger partial charge on any atom is -0.387 e. The molecule has 4 heteroatoms. The minimum atomic E-state index is -0.644. The van der Waals surface area contributed by atoms with Gasteiger partial charge in [-0.15, -0.1) is 11.8 Å². The number of carbonyl (C=O) groups is 1. The fraction of sp³-hybridized carbons (Fsp3) is 0.533. The molecule has 1 amide bonds. The number of hydrogen-bond acceptors (Lipinski definition) is 3. The van der Waals surface area contributed by atoms with Crippen LogP contribution in [-0.4, -0.2) is 23.8 Å². The van der Waals surface area contributed by atoms with Gasteiger partial charge in [0, 0.05) is 17.4 Å². The molecule has 1 rings (SSSR count). The smallest absolute Gasteiger partial charge is 0.223 e. The minimum absolute atomic E-state index is 0.0322. The van der Waals surface area contributed by atoms with Gasteiger partial charge in [-0.1, -0.05) is 26.0 Å². The maximum atomic E-state index is 11.8. The highest BCUT2D eigenvalue weighted by Gasteiger charge is 2.15. The van der Waals surface area contributed by atoms with Crippen molar-refractivity contribution in [3.63, 3.8) is 0 Å². The van der Waals surface area contributed by atoms with Crippen molar-refractivity contribution >= 4 is 17.7 Å². The van der Waals surface area contributed by atoms with E-state index < -0.39 is 6.10 Å². The molecule has 0 radical (unpaired) electrons. The van der Waals surface area contributed by atoms with Gasteiger partial charge in [-0.3, -0.25) is 4.79 Å². The third kappa shape index (κ3) is 4.88. The lowest BCUT2D eigenvalue weighted by Gasteiger charge is -2.16. The Balaban J connectivity index is 2.50. The highest BCUT2D eigenvalue weighted by molar-refractivity contribution is 7.98. The molecule has 106 valence electrons. The highest BCUT2D eigenvalue weighted by atomic mass is 32.2. The fourth-order valence-electron chi connectivity index (χ4n) is 1.94. The normalized spacial score (nSPS) is 12.5. The van der Waals surface area contributed by atoms with Gasteiger partial charge in [0.2, 0.25) is 5.91 Å². The first-order chi connectivity index (χ1) is 9.12. The average molecular weight is 281 g/mol. The van der Waals surface area contributed by atoms with Gasteiger partial charge in [0.15, 0.2) is 0 Å². The summed E-state index contributed by atoms with van der Waals surface area (Å²) in [6, 6.07) is 7.76. The van der Waals surface area contributed by atoms with Gasteiger partial charge in [-0.2, -0.15) is 0 Å². The van der Waals surface area contributed by atoms with Gasteiger partial charge in [0.25, 0.3) is 0 Å². The van der Waals surface area contributed by atoms with E-state index in [1.807, 2.05) is 44.4 Å². The van der Waals surface area contributed by atoms with Crippen molar-refractivity contribution in [2.75, 3.05) is 12.8 Å². The van der Waals surface area contributed by atoms with Gasteiger partial charge in [-0.25, -0.2) is 0 Å². The summed E-state index contributed by atoms with van der Waals surface area (Å²) in [6.07, 6.45) is 3.04. The van der Waals surface area contributed by atoms with Crippen LogP contribution in [0.2, 0.25) is 0 Å². The molecule has 0 aliphatic heterocycles. The zero-order chi connectivity index (χ0) is 14.3. The number of carbonyl (C=O) groups excluding carboxylic acids is 1. The Hall–Kier alpha value is -1.00. The van der Waals surface area contributed by atoms with Crippen molar-refractivity contribution < 1.29 is 9.90 Å². The number of aliphatic hydroxyl groups excluding tert-OH is 1. The molecule has 0 fully saturated rings. The summed E-state index contributed by atoms with van der Waals surface area (Å²) in [5.41, 5.74) is 0.836. The quantitative estimate of drug-likeness (QED) is 0.755. The van der Waals surface area contributed by atoms with E-state index in [0.29, 0.717) is 0 Å². The first-order valence-corrected chi connectivity index (χ1v) is 7.94. The zero-order valence-electron chi connectivity index (χ0n) is 11.8. The van der Waals surface area contributed by atoms with Crippen LogP contribution in [0.5, 0.6) is 0 Å². The number of thioether (sulfide) groups is 1. The van der Waals surface area contributed by atoms with Crippen molar-refractivity contribution in [2.24, 2.45) is 5.92 Å². The van der Waals surface area contributed by atoms with E-state index in [-0.39, 0.29) is 18.4 Å². The Labute approximate surface area is 119 Å². The van der Waals surface area contributed by atoms with E-state index in [2.05, 4.69) is 5.32 Å². The molecule has 0 heterocycles. The Bertz CT molecular complexity index is 388. The molecule has 19 heavy (non-hydrogen) atoms. The van der Waals surface area contributed by atoms with E-state index in [1.165, 1.54) is 0 Å². The monoisotopic (exact) mass is 281 g/mol. The van der Waals surface area contributed by atoms with Crippen LogP contribution in [0.15, 0.2) is 29.2 Å². The van der Waals surface area contributed by atoms with Crippen LogP contribution in [0.4, 0.5) is 0 Å². The zero-order valence-corrected chi connectivity index (χ0v) is 12.7. The van der Waals surface area contributed by atoms with E-state index in [1.54, 1.807) is 11.8 Å². The first kappa shape index (κ1) is 16.1. The van der Waals surface area contributed by atoms with Gasteiger partial charge >= 0.3 is 0 Å².